The highest BCUT2D eigenvalue weighted by Crippen LogP contribution is 2.23. The van der Waals surface area contributed by atoms with Crippen molar-refractivity contribution in [1.82, 2.24) is 15.0 Å². The van der Waals surface area contributed by atoms with Crippen molar-refractivity contribution in [2.75, 3.05) is 10.6 Å². The number of anilines is 3. The number of ether oxygens (including phenoxy) is 1. The first-order valence-electron chi connectivity index (χ1n) is 10.3. The molecule has 0 fully saturated rings. The minimum atomic E-state index is -0.571. The second-order valence-corrected chi connectivity index (χ2v) is 7.23. The van der Waals surface area contributed by atoms with Crippen LogP contribution < -0.4 is 15.4 Å². The van der Waals surface area contributed by atoms with Gasteiger partial charge in [0, 0.05) is 35.5 Å². The summed E-state index contributed by atoms with van der Waals surface area (Å²) in [5, 5.41) is 8.01. The summed E-state index contributed by atoms with van der Waals surface area (Å²) in [6.07, 6.45) is 4.56. The Morgan fingerprint density at radius 2 is 1.58 bits per heavy atom. The number of hydrogen-bond acceptors (Lipinski definition) is 6. The quantitative estimate of drug-likeness (QED) is 0.351. The Bertz CT molecular complexity index is 1420. The van der Waals surface area contributed by atoms with Gasteiger partial charge in [-0.1, -0.05) is 36.4 Å². The fourth-order valence-corrected chi connectivity index (χ4v) is 3.39. The number of fused-ring (bicyclic) bond motifs is 1. The van der Waals surface area contributed by atoms with Crippen LogP contribution in [0, 0.1) is 0 Å². The second kappa shape index (κ2) is 9.15. The van der Waals surface area contributed by atoms with Crippen molar-refractivity contribution in [1.29, 1.82) is 0 Å². The molecule has 2 N–H and O–H groups in total. The van der Waals surface area contributed by atoms with Crippen LogP contribution in [0.15, 0.2) is 104 Å². The van der Waals surface area contributed by atoms with Crippen LogP contribution >= 0.6 is 0 Å². The van der Waals surface area contributed by atoms with Crippen LogP contribution in [-0.2, 0) is 0 Å². The molecule has 0 bridgehead atoms. The summed E-state index contributed by atoms with van der Waals surface area (Å²) in [6, 6.07) is 26.3. The lowest BCUT2D eigenvalue weighted by Crippen LogP contribution is -2.16. The summed E-state index contributed by atoms with van der Waals surface area (Å²) in [7, 11) is 0. The molecule has 2 heterocycles. The van der Waals surface area contributed by atoms with Crippen LogP contribution in [0.2, 0.25) is 0 Å². The molecule has 0 atom stereocenters. The van der Waals surface area contributed by atoms with Gasteiger partial charge in [0.15, 0.2) is 0 Å². The van der Waals surface area contributed by atoms with Crippen LogP contribution in [0.3, 0.4) is 0 Å². The van der Waals surface area contributed by atoms with Crippen LogP contribution in [0.4, 0.5) is 22.1 Å². The average molecular weight is 433 g/mol. The molecular weight excluding hydrogens is 414 g/mol. The third kappa shape index (κ3) is 4.94. The molecule has 7 heteroatoms. The number of nitrogens with one attached hydrogen (secondary N) is 2. The van der Waals surface area contributed by atoms with Crippen molar-refractivity contribution >= 4 is 34.2 Å². The van der Waals surface area contributed by atoms with Crippen molar-refractivity contribution in [2.24, 2.45) is 0 Å². The fourth-order valence-electron chi connectivity index (χ4n) is 3.39. The topological polar surface area (TPSA) is 89.0 Å². The van der Waals surface area contributed by atoms with Gasteiger partial charge in [0.05, 0.1) is 5.69 Å². The Balaban J connectivity index is 1.27. The Morgan fingerprint density at radius 1 is 0.758 bits per heavy atom. The van der Waals surface area contributed by atoms with Gasteiger partial charge in [-0.25, -0.2) is 14.8 Å². The Labute approximate surface area is 190 Å². The molecule has 3 aromatic carbocycles. The monoisotopic (exact) mass is 433 g/mol. The Hall–Kier alpha value is -4.78. The van der Waals surface area contributed by atoms with Crippen molar-refractivity contribution in [3.05, 3.63) is 104 Å². The van der Waals surface area contributed by atoms with Crippen LogP contribution in [-0.4, -0.2) is 21.0 Å². The van der Waals surface area contributed by atoms with Gasteiger partial charge in [-0.05, 0) is 59.3 Å². The molecule has 0 unspecified atom stereocenters. The van der Waals surface area contributed by atoms with Crippen molar-refractivity contribution in [3.63, 3.8) is 0 Å². The number of carbonyl (C=O) groups is 1. The van der Waals surface area contributed by atoms with Crippen LogP contribution in [0.5, 0.6) is 5.75 Å². The number of carbonyl (C=O) groups excluding carboxylic acids is 1. The molecular formula is C26H19N5O2. The molecule has 5 aromatic rings. The first-order valence-corrected chi connectivity index (χ1v) is 10.3. The maximum absolute atomic E-state index is 12.4. The first-order chi connectivity index (χ1) is 16.2. The fraction of sp³-hybridized carbons (Fsp3) is 0. The minimum Gasteiger partial charge on any atom is -0.410 e. The molecule has 0 saturated carbocycles. The van der Waals surface area contributed by atoms with Crippen molar-refractivity contribution in [2.45, 2.75) is 0 Å². The van der Waals surface area contributed by atoms with Gasteiger partial charge < -0.3 is 10.1 Å². The molecule has 160 valence electrons. The molecule has 33 heavy (non-hydrogen) atoms. The lowest BCUT2D eigenvalue weighted by Gasteiger charge is -2.10. The standard InChI is InChI=1S/C26H19N5O2/c32-26(33-23-9-8-18-4-1-2-5-20(18)16-23)30-22-7-3-6-21(17-22)29-25-28-15-12-24(31-25)19-10-13-27-14-11-19/h1-17H,(H,30,32)(H,28,29,31). The molecule has 0 aliphatic rings. The highest BCUT2D eigenvalue weighted by Gasteiger charge is 2.08. The normalized spacial score (nSPS) is 10.5. The van der Waals surface area contributed by atoms with E-state index < -0.39 is 6.09 Å². The SMILES string of the molecule is O=C(Nc1cccc(Nc2nccc(-c3ccncc3)n2)c1)Oc1ccc2ccccc2c1. The van der Waals surface area contributed by atoms with E-state index in [0.29, 0.717) is 17.4 Å². The predicted octanol–water partition coefficient (Wildman–Crippen LogP) is 6.05. The summed E-state index contributed by atoms with van der Waals surface area (Å²) in [5.41, 5.74) is 3.03. The number of amides is 1. The van der Waals surface area contributed by atoms with E-state index in [-0.39, 0.29) is 0 Å². The summed E-state index contributed by atoms with van der Waals surface area (Å²) in [6.45, 7) is 0. The van der Waals surface area contributed by atoms with E-state index >= 15 is 0 Å². The highest BCUT2D eigenvalue weighted by atomic mass is 16.6. The third-order valence-corrected chi connectivity index (χ3v) is 4.93. The molecule has 0 radical (unpaired) electrons. The maximum atomic E-state index is 12.4. The lowest BCUT2D eigenvalue weighted by molar-refractivity contribution is 0.215. The summed E-state index contributed by atoms with van der Waals surface area (Å²) in [4.78, 5) is 25.3. The molecule has 0 spiro atoms. The number of pyridine rings is 1. The predicted molar refractivity (Wildman–Crippen MR) is 129 cm³/mol. The average Bonchev–Trinajstić information content (AvgIpc) is 2.85. The molecule has 0 saturated heterocycles. The number of aromatic nitrogens is 3. The molecule has 1 amide bonds. The lowest BCUT2D eigenvalue weighted by atomic mass is 10.1. The van der Waals surface area contributed by atoms with Crippen LogP contribution in [0.1, 0.15) is 0 Å². The van der Waals surface area contributed by atoms with Gasteiger partial charge in [-0.2, -0.15) is 0 Å². The van der Waals surface area contributed by atoms with E-state index in [1.165, 1.54) is 0 Å². The minimum absolute atomic E-state index is 0.445. The molecule has 7 nitrogen and oxygen atoms in total. The van der Waals surface area contributed by atoms with Gasteiger partial charge in [0.1, 0.15) is 5.75 Å². The molecule has 0 aliphatic heterocycles. The van der Waals surface area contributed by atoms with Gasteiger partial charge in [0.25, 0.3) is 0 Å². The summed E-state index contributed by atoms with van der Waals surface area (Å²) in [5.74, 6) is 0.919. The van der Waals surface area contributed by atoms with Crippen molar-refractivity contribution < 1.29 is 9.53 Å². The van der Waals surface area contributed by atoms with Gasteiger partial charge in [0.2, 0.25) is 5.95 Å². The summed E-state index contributed by atoms with van der Waals surface area (Å²) < 4.78 is 5.45. The Kier molecular flexibility index (Phi) is 5.59. The highest BCUT2D eigenvalue weighted by molar-refractivity contribution is 5.89. The zero-order chi connectivity index (χ0) is 22.5. The van der Waals surface area contributed by atoms with Crippen molar-refractivity contribution in [3.8, 4) is 17.0 Å². The zero-order valence-electron chi connectivity index (χ0n) is 17.5. The summed E-state index contributed by atoms with van der Waals surface area (Å²) >= 11 is 0. The molecule has 5 rings (SSSR count). The molecule has 0 aliphatic carbocycles. The smallest absolute Gasteiger partial charge is 0.410 e. The third-order valence-electron chi connectivity index (χ3n) is 4.93. The number of hydrogen-bond donors (Lipinski definition) is 2. The zero-order valence-corrected chi connectivity index (χ0v) is 17.5. The number of rotatable bonds is 5. The Morgan fingerprint density at radius 3 is 2.45 bits per heavy atom. The van der Waals surface area contributed by atoms with Crippen LogP contribution in [0.25, 0.3) is 22.0 Å². The number of nitrogens with zero attached hydrogens (tertiary/aromatic N) is 3. The number of benzene rings is 3. The van der Waals surface area contributed by atoms with E-state index in [0.717, 1.165) is 27.7 Å². The van der Waals surface area contributed by atoms with Gasteiger partial charge >= 0.3 is 6.09 Å². The maximum Gasteiger partial charge on any atom is 0.417 e. The van der Waals surface area contributed by atoms with E-state index in [9.17, 15) is 4.79 Å². The van der Waals surface area contributed by atoms with E-state index in [1.807, 2.05) is 66.7 Å². The van der Waals surface area contributed by atoms with E-state index in [2.05, 4.69) is 25.6 Å². The first kappa shape index (κ1) is 20.1. The largest absolute Gasteiger partial charge is 0.417 e. The molecule has 2 aromatic heterocycles. The second-order valence-electron chi connectivity index (χ2n) is 7.23. The van der Waals surface area contributed by atoms with E-state index in [1.54, 1.807) is 36.8 Å². The van der Waals surface area contributed by atoms with E-state index in [4.69, 9.17) is 4.74 Å². The van der Waals surface area contributed by atoms with Gasteiger partial charge in [-0.15, -0.1) is 0 Å². The van der Waals surface area contributed by atoms with Gasteiger partial charge in [-0.3, -0.25) is 10.3 Å².